The van der Waals surface area contributed by atoms with Gasteiger partial charge in [0.25, 0.3) is 11.7 Å². The van der Waals surface area contributed by atoms with Crippen molar-refractivity contribution in [2.75, 3.05) is 39.4 Å². The third-order valence-corrected chi connectivity index (χ3v) is 7.13. The summed E-state index contributed by atoms with van der Waals surface area (Å²) in [5, 5.41) is 21.1. The zero-order chi connectivity index (χ0) is 27.4. The third-order valence-electron chi connectivity index (χ3n) is 7.13. The van der Waals surface area contributed by atoms with Crippen LogP contribution in [0.5, 0.6) is 11.5 Å². The van der Waals surface area contributed by atoms with Gasteiger partial charge in [-0.05, 0) is 54.4 Å². The molecule has 2 saturated heterocycles. The first kappa shape index (κ1) is 26.5. The van der Waals surface area contributed by atoms with Crippen molar-refractivity contribution in [3.8, 4) is 11.5 Å². The number of nitrogens with zero attached hydrogens (tertiary/aromatic N) is 2. The second-order valence-corrected chi connectivity index (χ2v) is 9.84. The number of aliphatic hydroxyl groups excluding tert-OH is 1. The van der Waals surface area contributed by atoms with Gasteiger partial charge < -0.3 is 24.6 Å². The first-order chi connectivity index (χ1) is 18.9. The van der Waals surface area contributed by atoms with Crippen molar-refractivity contribution in [2.24, 2.45) is 0 Å². The van der Waals surface area contributed by atoms with Gasteiger partial charge in [-0.3, -0.25) is 14.5 Å². The lowest BCUT2D eigenvalue weighted by molar-refractivity contribution is -0.140. The highest BCUT2D eigenvalue weighted by molar-refractivity contribution is 6.46. The number of ketones is 1. The summed E-state index contributed by atoms with van der Waals surface area (Å²) in [6, 6.07) is 20.5. The van der Waals surface area contributed by atoms with E-state index >= 15 is 0 Å². The maximum Gasteiger partial charge on any atom is 0.295 e. The Bertz CT molecular complexity index is 1360. The normalized spacial score (nSPS) is 19.4. The minimum absolute atomic E-state index is 0.0288. The summed E-state index contributed by atoms with van der Waals surface area (Å²) >= 11 is 0. The van der Waals surface area contributed by atoms with Gasteiger partial charge in [-0.15, -0.1) is 0 Å². The van der Waals surface area contributed by atoms with Gasteiger partial charge in [-0.25, -0.2) is 0 Å². The Labute approximate surface area is 227 Å². The highest BCUT2D eigenvalue weighted by atomic mass is 16.5. The largest absolute Gasteiger partial charge is 0.508 e. The summed E-state index contributed by atoms with van der Waals surface area (Å²) in [5.74, 6) is -0.932. The molecule has 0 radical (unpaired) electrons. The van der Waals surface area contributed by atoms with E-state index in [1.54, 1.807) is 36.4 Å². The fourth-order valence-electron chi connectivity index (χ4n) is 5.02. The summed E-state index contributed by atoms with van der Waals surface area (Å²) in [5.41, 5.74) is 3.27. The highest BCUT2D eigenvalue weighted by Gasteiger charge is 2.46. The average Bonchev–Trinajstić information content (AvgIpc) is 3.21. The number of benzene rings is 3. The number of morpholine rings is 1. The molecule has 0 saturated carbocycles. The average molecular weight is 529 g/mol. The predicted octanol–water partition coefficient (Wildman–Crippen LogP) is 4.03. The number of likely N-dealkylation sites (tertiary alicyclic amines) is 1. The molecule has 8 heteroatoms. The van der Waals surface area contributed by atoms with Gasteiger partial charge in [0.15, 0.2) is 0 Å². The lowest BCUT2D eigenvalue weighted by Crippen LogP contribution is -2.42. The molecule has 2 fully saturated rings. The summed E-state index contributed by atoms with van der Waals surface area (Å²) in [4.78, 5) is 30.2. The van der Waals surface area contributed by atoms with Crippen LogP contribution < -0.4 is 4.74 Å². The molecule has 2 aliphatic heterocycles. The van der Waals surface area contributed by atoms with Gasteiger partial charge in [0.05, 0.1) is 24.8 Å². The molecule has 3 aromatic carbocycles. The van der Waals surface area contributed by atoms with E-state index in [0.29, 0.717) is 49.8 Å². The van der Waals surface area contributed by atoms with Gasteiger partial charge in [-0.1, -0.05) is 42.0 Å². The number of phenols is 1. The molecule has 0 unspecified atom stereocenters. The molecule has 0 spiro atoms. The number of phenolic OH excluding ortho intramolecular Hbond substituents is 1. The fraction of sp³-hybridized carbons (Fsp3) is 0.290. The Morgan fingerprint density at radius 3 is 2.38 bits per heavy atom. The maximum atomic E-state index is 13.3. The van der Waals surface area contributed by atoms with Gasteiger partial charge >= 0.3 is 0 Å². The number of hydrogen-bond acceptors (Lipinski definition) is 7. The number of rotatable bonds is 8. The fourth-order valence-corrected chi connectivity index (χ4v) is 5.02. The molecule has 3 aromatic rings. The lowest BCUT2D eigenvalue weighted by Gasteiger charge is -2.31. The number of aromatic hydroxyl groups is 1. The molecule has 8 nitrogen and oxygen atoms in total. The van der Waals surface area contributed by atoms with Crippen LogP contribution in [0.15, 0.2) is 78.4 Å². The molecule has 0 bridgehead atoms. The van der Waals surface area contributed by atoms with Crippen LogP contribution >= 0.6 is 0 Å². The maximum absolute atomic E-state index is 13.3. The standard InChI is InChI=1S/C31H32N2O6/c1-21-3-2-4-22(19-21)20-39-26-11-7-24(8-12-26)29(35)27-28(23-5-9-25(34)10-6-23)33(31(37)30(27)36)14-13-32-15-17-38-18-16-32/h2-12,19,28,34-35H,13-18,20H2,1H3/t28-/m0/s1. The molecule has 2 aliphatic rings. The van der Waals surface area contributed by atoms with E-state index in [1.807, 2.05) is 25.1 Å². The number of carbonyl (C=O) groups is 2. The minimum Gasteiger partial charge on any atom is -0.508 e. The van der Waals surface area contributed by atoms with Crippen molar-refractivity contribution in [1.29, 1.82) is 0 Å². The second-order valence-electron chi connectivity index (χ2n) is 9.84. The van der Waals surface area contributed by atoms with E-state index < -0.39 is 17.7 Å². The number of carbonyl (C=O) groups excluding carboxylic acids is 2. The van der Waals surface area contributed by atoms with Gasteiger partial charge in [0.1, 0.15) is 23.9 Å². The smallest absolute Gasteiger partial charge is 0.295 e. The van der Waals surface area contributed by atoms with Crippen molar-refractivity contribution < 1.29 is 29.3 Å². The summed E-state index contributed by atoms with van der Waals surface area (Å²) < 4.78 is 11.3. The van der Waals surface area contributed by atoms with E-state index in [0.717, 1.165) is 24.2 Å². The van der Waals surface area contributed by atoms with Crippen LogP contribution in [-0.2, 0) is 20.9 Å². The topological polar surface area (TPSA) is 99.5 Å². The summed E-state index contributed by atoms with van der Waals surface area (Å²) in [7, 11) is 0. The van der Waals surface area contributed by atoms with E-state index in [9.17, 15) is 19.8 Å². The molecule has 39 heavy (non-hydrogen) atoms. The molecule has 1 atom stereocenters. The molecule has 1 amide bonds. The molecule has 202 valence electrons. The van der Waals surface area contributed by atoms with Crippen LogP contribution in [0.4, 0.5) is 0 Å². The first-order valence-electron chi connectivity index (χ1n) is 13.1. The molecular weight excluding hydrogens is 496 g/mol. The van der Waals surface area contributed by atoms with Gasteiger partial charge in [0, 0.05) is 31.7 Å². The zero-order valence-electron chi connectivity index (χ0n) is 21.9. The van der Waals surface area contributed by atoms with Crippen molar-refractivity contribution >= 4 is 17.4 Å². The van der Waals surface area contributed by atoms with E-state index in [1.165, 1.54) is 17.0 Å². The predicted molar refractivity (Wildman–Crippen MR) is 146 cm³/mol. The zero-order valence-corrected chi connectivity index (χ0v) is 21.9. The quantitative estimate of drug-likeness (QED) is 0.259. The SMILES string of the molecule is Cc1cccc(COc2ccc(C(O)=C3C(=O)C(=O)N(CCN4CCOCC4)[C@H]3c3ccc(O)cc3)cc2)c1. The third kappa shape index (κ3) is 5.97. The summed E-state index contributed by atoms with van der Waals surface area (Å²) in [6.45, 7) is 6.10. The van der Waals surface area contributed by atoms with Crippen LogP contribution in [0.2, 0.25) is 0 Å². The Kier molecular flexibility index (Phi) is 7.95. The van der Waals surface area contributed by atoms with Crippen LogP contribution in [-0.4, -0.2) is 71.1 Å². The van der Waals surface area contributed by atoms with Gasteiger partial charge in [-0.2, -0.15) is 0 Å². The van der Waals surface area contributed by atoms with Crippen LogP contribution in [0.1, 0.15) is 28.3 Å². The summed E-state index contributed by atoms with van der Waals surface area (Å²) in [6.07, 6.45) is 0. The minimum atomic E-state index is -0.774. The Balaban J connectivity index is 1.41. The highest BCUT2D eigenvalue weighted by Crippen LogP contribution is 2.39. The first-order valence-corrected chi connectivity index (χ1v) is 13.1. The van der Waals surface area contributed by atoms with Crippen LogP contribution in [0.3, 0.4) is 0 Å². The molecular formula is C31H32N2O6. The van der Waals surface area contributed by atoms with Crippen molar-refractivity contribution in [3.05, 3.63) is 101 Å². The lowest BCUT2D eigenvalue weighted by atomic mass is 9.95. The molecule has 2 N–H and O–H groups in total. The number of amides is 1. The number of aliphatic hydroxyl groups is 1. The Morgan fingerprint density at radius 1 is 0.974 bits per heavy atom. The number of Topliss-reactive ketones (excluding diaryl/α,β-unsaturated/α-hetero) is 1. The number of ether oxygens (including phenoxy) is 2. The van der Waals surface area contributed by atoms with E-state index in [2.05, 4.69) is 11.0 Å². The van der Waals surface area contributed by atoms with E-state index in [4.69, 9.17) is 9.47 Å². The van der Waals surface area contributed by atoms with Crippen molar-refractivity contribution in [1.82, 2.24) is 9.80 Å². The molecule has 0 aliphatic carbocycles. The van der Waals surface area contributed by atoms with Gasteiger partial charge in [0.2, 0.25) is 0 Å². The van der Waals surface area contributed by atoms with Crippen molar-refractivity contribution in [3.63, 3.8) is 0 Å². The molecule has 2 heterocycles. The second kappa shape index (κ2) is 11.7. The van der Waals surface area contributed by atoms with Crippen LogP contribution in [0, 0.1) is 6.92 Å². The molecule has 5 rings (SSSR count). The Hall–Kier alpha value is -4.14. The molecule has 0 aromatic heterocycles. The van der Waals surface area contributed by atoms with Crippen LogP contribution in [0.25, 0.3) is 5.76 Å². The number of aryl methyl sites for hydroxylation is 1. The monoisotopic (exact) mass is 528 g/mol. The Morgan fingerprint density at radius 2 is 1.69 bits per heavy atom. The van der Waals surface area contributed by atoms with Crippen molar-refractivity contribution in [2.45, 2.75) is 19.6 Å². The number of hydrogen-bond donors (Lipinski definition) is 2. The van der Waals surface area contributed by atoms with E-state index in [-0.39, 0.29) is 17.1 Å².